The summed E-state index contributed by atoms with van der Waals surface area (Å²) in [4.78, 5) is 0. The maximum atomic E-state index is 9.21. The smallest absolute Gasteiger partial charge is 0.121 e. The molecule has 0 amide bonds. The molecule has 18 heavy (non-hydrogen) atoms. The van der Waals surface area contributed by atoms with Gasteiger partial charge >= 0.3 is 0 Å². The third-order valence-corrected chi connectivity index (χ3v) is 2.89. The lowest BCUT2D eigenvalue weighted by Crippen LogP contribution is -2.19. The van der Waals surface area contributed by atoms with Gasteiger partial charge in [-0.15, -0.1) is 0 Å². The highest BCUT2D eigenvalue weighted by Crippen LogP contribution is 2.13. The molecule has 0 saturated carbocycles. The van der Waals surface area contributed by atoms with Gasteiger partial charge < -0.3 is 0 Å². The monoisotopic (exact) mass is 236 g/mol. The van der Waals surface area contributed by atoms with Crippen molar-refractivity contribution in [1.29, 1.82) is 5.26 Å². The molecule has 0 aliphatic heterocycles. The number of nitrogens with zero attached hydrogens (tertiary/aromatic N) is 1. The van der Waals surface area contributed by atoms with Crippen LogP contribution in [0.25, 0.3) is 0 Å². The Morgan fingerprint density at radius 2 is 1.72 bits per heavy atom. The molecule has 2 aromatic carbocycles. The van der Waals surface area contributed by atoms with E-state index >= 15 is 0 Å². The highest BCUT2D eigenvalue weighted by Gasteiger charge is 2.08. The number of nitriles is 1. The average Bonchev–Trinajstić information content (AvgIpc) is 2.42. The van der Waals surface area contributed by atoms with Crippen molar-refractivity contribution in [1.82, 2.24) is 5.32 Å². The van der Waals surface area contributed by atoms with Crippen molar-refractivity contribution in [3.63, 3.8) is 0 Å². The van der Waals surface area contributed by atoms with Crippen molar-refractivity contribution in [2.45, 2.75) is 19.5 Å². The van der Waals surface area contributed by atoms with E-state index in [1.165, 1.54) is 11.1 Å². The van der Waals surface area contributed by atoms with Gasteiger partial charge in [0.25, 0.3) is 0 Å². The fourth-order valence-electron chi connectivity index (χ4n) is 1.81. The van der Waals surface area contributed by atoms with Crippen molar-refractivity contribution < 1.29 is 0 Å². The third-order valence-electron chi connectivity index (χ3n) is 2.89. The molecule has 1 N–H and O–H groups in total. The standard InChI is InChI=1S/C16H16N2/c1-13-7-9-15(10-8-13)16(11-17)18-12-14-5-3-2-4-6-14/h2-10,16,18H,12H2,1H3. The minimum Gasteiger partial charge on any atom is -0.294 e. The van der Waals surface area contributed by atoms with Crippen LogP contribution in [-0.2, 0) is 6.54 Å². The predicted octanol–water partition coefficient (Wildman–Crippen LogP) is 3.35. The van der Waals surface area contributed by atoms with Crippen LogP contribution in [0.4, 0.5) is 0 Å². The Hall–Kier alpha value is -2.11. The van der Waals surface area contributed by atoms with Gasteiger partial charge in [0, 0.05) is 6.54 Å². The van der Waals surface area contributed by atoms with Crippen LogP contribution in [0.1, 0.15) is 22.7 Å². The van der Waals surface area contributed by atoms with Gasteiger partial charge in [0.2, 0.25) is 0 Å². The first-order valence-corrected chi connectivity index (χ1v) is 6.03. The average molecular weight is 236 g/mol. The number of benzene rings is 2. The van der Waals surface area contributed by atoms with Gasteiger partial charge in [-0.25, -0.2) is 0 Å². The molecule has 0 radical (unpaired) electrons. The first kappa shape index (κ1) is 12.3. The van der Waals surface area contributed by atoms with Crippen molar-refractivity contribution in [3.8, 4) is 6.07 Å². The Bertz CT molecular complexity index is 523. The Morgan fingerprint density at radius 1 is 1.06 bits per heavy atom. The Kier molecular flexibility index (Phi) is 4.11. The number of hydrogen-bond donors (Lipinski definition) is 1. The second kappa shape index (κ2) is 6.00. The summed E-state index contributed by atoms with van der Waals surface area (Å²) in [5.74, 6) is 0. The lowest BCUT2D eigenvalue weighted by Gasteiger charge is -2.12. The van der Waals surface area contributed by atoms with E-state index < -0.39 is 0 Å². The van der Waals surface area contributed by atoms with Crippen LogP contribution in [0.5, 0.6) is 0 Å². The van der Waals surface area contributed by atoms with Crippen LogP contribution >= 0.6 is 0 Å². The van der Waals surface area contributed by atoms with Crippen LogP contribution in [-0.4, -0.2) is 0 Å². The number of nitrogens with one attached hydrogen (secondary N) is 1. The van der Waals surface area contributed by atoms with Gasteiger partial charge in [-0.1, -0.05) is 60.2 Å². The molecule has 0 aliphatic carbocycles. The lowest BCUT2D eigenvalue weighted by atomic mass is 10.1. The van der Waals surface area contributed by atoms with Crippen LogP contribution < -0.4 is 5.32 Å². The van der Waals surface area contributed by atoms with Gasteiger partial charge in [0.15, 0.2) is 0 Å². The molecule has 0 saturated heterocycles. The minimum atomic E-state index is -0.259. The minimum absolute atomic E-state index is 0.259. The SMILES string of the molecule is Cc1ccc(C(C#N)NCc2ccccc2)cc1. The van der Waals surface area contributed by atoms with E-state index in [1.807, 2.05) is 49.4 Å². The van der Waals surface area contributed by atoms with Gasteiger partial charge in [-0.2, -0.15) is 5.26 Å². The molecule has 0 aromatic heterocycles. The van der Waals surface area contributed by atoms with Gasteiger partial charge in [0.1, 0.15) is 6.04 Å². The van der Waals surface area contributed by atoms with Crippen molar-refractivity contribution in [2.24, 2.45) is 0 Å². The normalized spacial score (nSPS) is 11.8. The fraction of sp³-hybridized carbons (Fsp3) is 0.188. The molecule has 2 heteroatoms. The molecule has 0 heterocycles. The van der Waals surface area contributed by atoms with Gasteiger partial charge in [0.05, 0.1) is 6.07 Å². The summed E-state index contributed by atoms with van der Waals surface area (Å²) in [6, 6.07) is 20.2. The van der Waals surface area contributed by atoms with Gasteiger partial charge in [-0.3, -0.25) is 5.32 Å². The lowest BCUT2D eigenvalue weighted by molar-refractivity contribution is 0.630. The molecule has 0 spiro atoms. The topological polar surface area (TPSA) is 35.8 Å². The van der Waals surface area contributed by atoms with E-state index in [1.54, 1.807) is 0 Å². The van der Waals surface area contributed by atoms with E-state index in [9.17, 15) is 5.26 Å². The molecule has 0 aliphatic rings. The zero-order valence-corrected chi connectivity index (χ0v) is 10.4. The maximum absolute atomic E-state index is 9.21. The first-order valence-electron chi connectivity index (χ1n) is 6.03. The summed E-state index contributed by atoms with van der Waals surface area (Å²) in [7, 11) is 0. The van der Waals surface area contributed by atoms with Crippen LogP contribution in [0.15, 0.2) is 54.6 Å². The Balaban J connectivity index is 2.02. The summed E-state index contributed by atoms with van der Waals surface area (Å²) in [5, 5.41) is 12.5. The zero-order chi connectivity index (χ0) is 12.8. The van der Waals surface area contributed by atoms with E-state index in [4.69, 9.17) is 0 Å². The summed E-state index contributed by atoms with van der Waals surface area (Å²) < 4.78 is 0. The number of hydrogen-bond acceptors (Lipinski definition) is 2. The zero-order valence-electron chi connectivity index (χ0n) is 10.4. The molecule has 1 unspecified atom stereocenters. The molecule has 2 aromatic rings. The molecular formula is C16H16N2. The second-order valence-corrected chi connectivity index (χ2v) is 4.34. The Labute approximate surface area is 108 Å². The van der Waals surface area contributed by atoms with E-state index in [2.05, 4.69) is 23.5 Å². The van der Waals surface area contributed by atoms with Crippen molar-refractivity contribution in [2.75, 3.05) is 0 Å². The Morgan fingerprint density at radius 3 is 2.33 bits per heavy atom. The largest absolute Gasteiger partial charge is 0.294 e. The molecule has 0 fully saturated rings. The van der Waals surface area contributed by atoms with E-state index in [0.29, 0.717) is 6.54 Å². The molecule has 90 valence electrons. The molecule has 1 atom stereocenters. The summed E-state index contributed by atoms with van der Waals surface area (Å²) in [6.45, 7) is 2.75. The van der Waals surface area contributed by atoms with Crippen molar-refractivity contribution >= 4 is 0 Å². The first-order chi connectivity index (χ1) is 8.79. The van der Waals surface area contributed by atoms with Crippen LogP contribution in [0.3, 0.4) is 0 Å². The van der Waals surface area contributed by atoms with Crippen molar-refractivity contribution in [3.05, 3.63) is 71.3 Å². The molecule has 2 nitrogen and oxygen atoms in total. The van der Waals surface area contributed by atoms with Crippen LogP contribution in [0.2, 0.25) is 0 Å². The summed E-state index contributed by atoms with van der Waals surface area (Å²) in [5.41, 5.74) is 3.40. The maximum Gasteiger partial charge on any atom is 0.121 e. The highest BCUT2D eigenvalue weighted by molar-refractivity contribution is 5.28. The molecule has 2 rings (SSSR count). The predicted molar refractivity (Wildman–Crippen MR) is 72.8 cm³/mol. The number of rotatable bonds is 4. The van der Waals surface area contributed by atoms with Gasteiger partial charge in [-0.05, 0) is 18.1 Å². The number of aryl methyl sites for hydroxylation is 1. The quantitative estimate of drug-likeness (QED) is 0.883. The molecule has 0 bridgehead atoms. The summed E-state index contributed by atoms with van der Waals surface area (Å²) >= 11 is 0. The van der Waals surface area contributed by atoms with E-state index in [-0.39, 0.29) is 6.04 Å². The second-order valence-electron chi connectivity index (χ2n) is 4.34. The fourth-order valence-corrected chi connectivity index (χ4v) is 1.81. The third kappa shape index (κ3) is 3.19. The highest BCUT2D eigenvalue weighted by atomic mass is 14.9. The van der Waals surface area contributed by atoms with E-state index in [0.717, 1.165) is 5.56 Å². The van der Waals surface area contributed by atoms with Crippen LogP contribution in [0, 0.1) is 18.3 Å². The summed E-state index contributed by atoms with van der Waals surface area (Å²) in [6.07, 6.45) is 0. The molecular weight excluding hydrogens is 220 g/mol.